The Kier molecular flexibility index (Phi) is 6.64. The first-order valence-corrected chi connectivity index (χ1v) is 10.2. The zero-order valence-corrected chi connectivity index (χ0v) is 17.9. The van der Waals surface area contributed by atoms with Crippen molar-refractivity contribution in [2.45, 2.75) is 50.4 Å². The second kappa shape index (κ2) is 8.43. The van der Waals surface area contributed by atoms with Crippen LogP contribution in [0.5, 0.6) is 0 Å². The first kappa shape index (κ1) is 22.1. The minimum atomic E-state index is -2.05. The van der Waals surface area contributed by atoms with Crippen LogP contribution in [-0.2, 0) is 34.8 Å². The Labute approximate surface area is 168 Å². The van der Waals surface area contributed by atoms with E-state index in [2.05, 4.69) is 4.40 Å². The molecule has 1 unspecified atom stereocenters. The van der Waals surface area contributed by atoms with E-state index in [9.17, 15) is 13.8 Å². The van der Waals surface area contributed by atoms with Crippen molar-refractivity contribution >= 4 is 28.8 Å². The van der Waals surface area contributed by atoms with Crippen molar-refractivity contribution in [2.24, 2.45) is 10.3 Å². The summed E-state index contributed by atoms with van der Waals surface area (Å²) in [7, 11) is 0.739. The van der Waals surface area contributed by atoms with Gasteiger partial charge in [-0.25, -0.2) is 13.8 Å². The fourth-order valence-corrected chi connectivity index (χ4v) is 3.91. The maximum Gasteiger partial charge on any atom is 0.362 e. The van der Waals surface area contributed by atoms with Gasteiger partial charge in [-0.1, -0.05) is 37.3 Å². The molecule has 1 aromatic carbocycles. The molecule has 0 spiro atoms. The Bertz CT molecular complexity index is 768. The molecule has 0 aromatic heterocycles. The minimum Gasteiger partial charge on any atom is -0.466 e. The minimum absolute atomic E-state index is 0.0976. The lowest BCUT2D eigenvalue weighted by molar-refractivity contribution is -0.178. The van der Waals surface area contributed by atoms with Crippen LogP contribution in [0.4, 0.5) is 0 Å². The van der Waals surface area contributed by atoms with Gasteiger partial charge in [-0.3, -0.25) is 0 Å². The molecule has 28 heavy (non-hydrogen) atoms. The monoisotopic (exact) mass is 409 g/mol. The second-order valence-electron chi connectivity index (χ2n) is 7.52. The van der Waals surface area contributed by atoms with Gasteiger partial charge in [-0.05, 0) is 32.8 Å². The second-order valence-corrected chi connectivity index (χ2v) is 9.42. The summed E-state index contributed by atoms with van der Waals surface area (Å²) in [4.78, 5) is 25.7. The molecule has 0 aliphatic carbocycles. The van der Waals surface area contributed by atoms with Crippen LogP contribution < -0.4 is 0 Å². The standard InChI is InChI=1S/C20H27NO6S/c1-7-14-15(13-11-9-8-10-12-13)20(17(22)25-5,18(23)26-6)27-16(14)21-28(24)19(2,3)4/h8-12,14-15H,7H2,1-6H3/b21-16-/t14-,15-,28?/m1/s1. The lowest BCUT2D eigenvalue weighted by Gasteiger charge is -2.29. The van der Waals surface area contributed by atoms with E-state index >= 15 is 0 Å². The van der Waals surface area contributed by atoms with Crippen molar-refractivity contribution in [2.75, 3.05) is 14.2 Å². The van der Waals surface area contributed by atoms with Crippen LogP contribution in [0.3, 0.4) is 0 Å². The van der Waals surface area contributed by atoms with E-state index in [0.29, 0.717) is 12.0 Å². The first-order chi connectivity index (χ1) is 13.1. The van der Waals surface area contributed by atoms with Crippen molar-refractivity contribution in [3.05, 3.63) is 35.9 Å². The number of methoxy groups -OCH3 is 2. The zero-order chi connectivity index (χ0) is 21.1. The molecular formula is C20H27NO6S. The number of rotatable bonds is 5. The smallest absolute Gasteiger partial charge is 0.362 e. The van der Waals surface area contributed by atoms with Crippen LogP contribution in [0.1, 0.15) is 45.6 Å². The molecule has 1 aliphatic heterocycles. The Morgan fingerprint density at radius 1 is 1.14 bits per heavy atom. The molecule has 154 valence electrons. The summed E-state index contributed by atoms with van der Waals surface area (Å²) < 4.78 is 32.0. The number of carbonyl (C=O) groups is 2. The molecule has 0 saturated carbocycles. The van der Waals surface area contributed by atoms with Gasteiger partial charge in [0.25, 0.3) is 0 Å². The van der Waals surface area contributed by atoms with Crippen LogP contribution in [0.15, 0.2) is 34.7 Å². The van der Waals surface area contributed by atoms with Gasteiger partial charge < -0.3 is 14.2 Å². The largest absolute Gasteiger partial charge is 0.466 e. The summed E-state index contributed by atoms with van der Waals surface area (Å²) in [6.07, 6.45) is 0.509. The fourth-order valence-electron chi connectivity index (χ4n) is 3.30. The van der Waals surface area contributed by atoms with E-state index in [1.165, 1.54) is 14.2 Å². The molecule has 0 amide bonds. The van der Waals surface area contributed by atoms with E-state index in [1.807, 2.05) is 25.1 Å². The lowest BCUT2D eigenvalue weighted by Crippen LogP contribution is -2.52. The third-order valence-corrected chi connectivity index (χ3v) is 6.09. The Balaban J connectivity index is 2.74. The van der Waals surface area contributed by atoms with Gasteiger partial charge in [0.1, 0.15) is 11.0 Å². The van der Waals surface area contributed by atoms with Gasteiger partial charge in [-0.2, -0.15) is 4.40 Å². The molecule has 1 heterocycles. The molecule has 7 nitrogen and oxygen atoms in total. The highest BCUT2D eigenvalue weighted by Gasteiger charge is 2.66. The van der Waals surface area contributed by atoms with E-state index < -0.39 is 45.1 Å². The van der Waals surface area contributed by atoms with E-state index in [0.717, 1.165) is 0 Å². The van der Waals surface area contributed by atoms with Crippen molar-refractivity contribution < 1.29 is 28.0 Å². The number of esters is 2. The Morgan fingerprint density at radius 2 is 1.68 bits per heavy atom. The molecule has 1 aromatic rings. The molecule has 2 rings (SSSR count). The summed E-state index contributed by atoms with van der Waals surface area (Å²) in [5.74, 6) is -2.83. The summed E-state index contributed by atoms with van der Waals surface area (Å²) in [6.45, 7) is 7.24. The van der Waals surface area contributed by atoms with Gasteiger partial charge in [-0.15, -0.1) is 0 Å². The quantitative estimate of drug-likeness (QED) is 0.549. The Morgan fingerprint density at radius 3 is 2.11 bits per heavy atom. The van der Waals surface area contributed by atoms with Crippen LogP contribution in [0.25, 0.3) is 0 Å². The van der Waals surface area contributed by atoms with Crippen molar-refractivity contribution in [1.82, 2.24) is 0 Å². The molecule has 1 fully saturated rings. The lowest BCUT2D eigenvalue weighted by atomic mass is 9.75. The molecule has 8 heteroatoms. The molecule has 0 N–H and O–H groups in total. The molecule has 3 atom stereocenters. The number of hydrogen-bond acceptors (Lipinski definition) is 6. The SMILES string of the molecule is CC[C@H]1/C(=N/S(=O)C(C)(C)C)OC(C(=O)OC)(C(=O)OC)[C@@H]1c1ccccc1. The fraction of sp³-hybridized carbons (Fsp3) is 0.550. The maximum absolute atomic E-state index is 12.8. The summed E-state index contributed by atoms with van der Waals surface area (Å²) in [5, 5.41) is 0. The van der Waals surface area contributed by atoms with Crippen molar-refractivity contribution in [3.8, 4) is 0 Å². The number of hydrogen-bond donors (Lipinski definition) is 0. The maximum atomic E-state index is 12.8. The van der Waals surface area contributed by atoms with Gasteiger partial charge in [0.05, 0.1) is 24.9 Å². The third kappa shape index (κ3) is 3.83. The number of carbonyl (C=O) groups excluding carboxylic acids is 2. The van der Waals surface area contributed by atoms with Gasteiger partial charge in [0.2, 0.25) is 5.90 Å². The number of ether oxygens (including phenoxy) is 3. The normalized spacial score (nSPS) is 23.7. The third-order valence-electron chi connectivity index (χ3n) is 4.70. The summed E-state index contributed by atoms with van der Waals surface area (Å²) in [5.41, 5.74) is -1.34. The van der Waals surface area contributed by atoms with Crippen molar-refractivity contribution in [1.29, 1.82) is 0 Å². The zero-order valence-electron chi connectivity index (χ0n) is 17.1. The average molecular weight is 410 g/mol. The Hall–Kier alpha value is -2.22. The highest BCUT2D eigenvalue weighted by Crippen LogP contribution is 2.48. The van der Waals surface area contributed by atoms with Crippen LogP contribution >= 0.6 is 0 Å². The first-order valence-electron chi connectivity index (χ1n) is 9.04. The summed E-state index contributed by atoms with van der Waals surface area (Å²) in [6, 6.07) is 9.07. The van der Waals surface area contributed by atoms with Crippen LogP contribution in [0, 0.1) is 5.92 Å². The molecule has 1 saturated heterocycles. The van der Waals surface area contributed by atoms with E-state index in [4.69, 9.17) is 14.2 Å². The molecule has 0 bridgehead atoms. The number of benzene rings is 1. The molecule has 0 radical (unpaired) electrons. The molecule has 1 aliphatic rings. The highest BCUT2D eigenvalue weighted by atomic mass is 32.2. The van der Waals surface area contributed by atoms with Crippen LogP contribution in [0.2, 0.25) is 0 Å². The predicted octanol–water partition coefficient (Wildman–Crippen LogP) is 2.77. The highest BCUT2D eigenvalue weighted by molar-refractivity contribution is 7.85. The topological polar surface area (TPSA) is 91.3 Å². The van der Waals surface area contributed by atoms with E-state index in [1.54, 1.807) is 32.9 Å². The van der Waals surface area contributed by atoms with Crippen molar-refractivity contribution in [3.63, 3.8) is 0 Å². The van der Waals surface area contributed by atoms with Gasteiger partial charge in [0, 0.05) is 5.92 Å². The van der Waals surface area contributed by atoms with Gasteiger partial charge in [0.15, 0.2) is 0 Å². The average Bonchev–Trinajstić information content (AvgIpc) is 3.01. The summed E-state index contributed by atoms with van der Waals surface area (Å²) >= 11 is 0. The van der Waals surface area contributed by atoms with Gasteiger partial charge >= 0.3 is 17.5 Å². The van der Waals surface area contributed by atoms with E-state index in [-0.39, 0.29) is 5.90 Å². The predicted molar refractivity (Wildman–Crippen MR) is 106 cm³/mol. The van der Waals surface area contributed by atoms with Crippen LogP contribution in [-0.4, -0.2) is 46.6 Å². The molecular weight excluding hydrogens is 382 g/mol. The number of nitrogens with zero attached hydrogens (tertiary/aromatic N) is 1.